The van der Waals surface area contributed by atoms with Crippen molar-refractivity contribution in [1.82, 2.24) is 0 Å². The highest BCUT2D eigenvalue weighted by molar-refractivity contribution is 9.10. The Labute approximate surface area is 128 Å². The Hall–Kier alpha value is -2.41. The summed E-state index contributed by atoms with van der Waals surface area (Å²) in [5.41, 5.74) is 6.10. The van der Waals surface area contributed by atoms with Crippen molar-refractivity contribution in [2.75, 3.05) is 10.6 Å². The van der Waals surface area contributed by atoms with Crippen LogP contribution in [0.2, 0.25) is 0 Å². The van der Waals surface area contributed by atoms with Gasteiger partial charge in [0.2, 0.25) is 0 Å². The average molecular weight is 352 g/mol. The Balaban J connectivity index is 2.15. The number of carbonyl (C=O) groups excluding carboxylic acids is 2. The molecule has 0 aliphatic rings. The fourth-order valence-electron chi connectivity index (χ4n) is 1.66. The number of hydrogen-bond acceptors (Lipinski definition) is 2. The molecule has 0 spiro atoms. The van der Waals surface area contributed by atoms with Crippen molar-refractivity contribution in [2.24, 2.45) is 5.73 Å². The summed E-state index contributed by atoms with van der Waals surface area (Å²) >= 11 is 3.02. The van der Waals surface area contributed by atoms with Crippen molar-refractivity contribution in [3.8, 4) is 0 Å². The van der Waals surface area contributed by atoms with Crippen molar-refractivity contribution in [1.29, 1.82) is 0 Å². The van der Waals surface area contributed by atoms with Gasteiger partial charge in [0.15, 0.2) is 0 Å². The summed E-state index contributed by atoms with van der Waals surface area (Å²) in [5.74, 6) is -0.982. The van der Waals surface area contributed by atoms with E-state index in [1.807, 2.05) is 0 Å². The van der Waals surface area contributed by atoms with Gasteiger partial charge < -0.3 is 16.4 Å². The number of rotatable bonds is 3. The lowest BCUT2D eigenvalue weighted by molar-refractivity contribution is 0.102. The lowest BCUT2D eigenvalue weighted by Gasteiger charge is -2.08. The molecule has 0 saturated heterocycles. The second-order valence-corrected chi connectivity index (χ2v) is 5.01. The molecule has 3 amide bonds. The van der Waals surface area contributed by atoms with Crippen molar-refractivity contribution >= 4 is 39.2 Å². The van der Waals surface area contributed by atoms with Crippen LogP contribution in [0.4, 0.5) is 20.6 Å². The van der Waals surface area contributed by atoms with Crippen LogP contribution in [0.25, 0.3) is 0 Å². The van der Waals surface area contributed by atoms with Crippen LogP contribution in [-0.4, -0.2) is 11.9 Å². The number of amides is 3. The largest absolute Gasteiger partial charge is 0.351 e. The predicted octanol–water partition coefficient (Wildman–Crippen LogP) is 3.33. The number of hydrogen-bond donors (Lipinski definition) is 3. The molecule has 0 fully saturated rings. The van der Waals surface area contributed by atoms with Gasteiger partial charge in [-0.2, -0.15) is 0 Å². The van der Waals surface area contributed by atoms with Gasteiger partial charge in [0.25, 0.3) is 5.91 Å². The third kappa shape index (κ3) is 4.03. The SMILES string of the molecule is NC(=O)Nc1cccc(NC(=O)c2ccc(Br)c(F)c2)c1. The van der Waals surface area contributed by atoms with E-state index >= 15 is 0 Å². The van der Waals surface area contributed by atoms with E-state index < -0.39 is 17.8 Å². The summed E-state index contributed by atoms with van der Waals surface area (Å²) in [6.07, 6.45) is 0. The van der Waals surface area contributed by atoms with Gasteiger partial charge >= 0.3 is 6.03 Å². The zero-order valence-electron chi connectivity index (χ0n) is 10.7. The lowest BCUT2D eigenvalue weighted by atomic mass is 10.2. The highest BCUT2D eigenvalue weighted by Gasteiger charge is 2.09. The molecule has 0 heterocycles. The maximum atomic E-state index is 13.4. The summed E-state index contributed by atoms with van der Waals surface area (Å²) in [6.45, 7) is 0. The summed E-state index contributed by atoms with van der Waals surface area (Å²) in [4.78, 5) is 22.8. The number of nitrogens with one attached hydrogen (secondary N) is 2. The van der Waals surface area contributed by atoms with Gasteiger partial charge in [-0.15, -0.1) is 0 Å². The van der Waals surface area contributed by atoms with Crippen LogP contribution >= 0.6 is 15.9 Å². The molecule has 5 nitrogen and oxygen atoms in total. The Bertz CT molecular complexity index is 706. The summed E-state index contributed by atoms with van der Waals surface area (Å²) in [5, 5.41) is 5.00. The van der Waals surface area contributed by atoms with Crippen LogP contribution in [0, 0.1) is 5.82 Å². The van der Waals surface area contributed by atoms with E-state index in [9.17, 15) is 14.0 Å². The Morgan fingerprint density at radius 2 is 1.71 bits per heavy atom. The molecule has 2 rings (SSSR count). The second kappa shape index (κ2) is 6.36. The van der Waals surface area contributed by atoms with Crippen molar-refractivity contribution in [3.63, 3.8) is 0 Å². The summed E-state index contributed by atoms with van der Waals surface area (Å²) in [6, 6.07) is 9.82. The zero-order chi connectivity index (χ0) is 15.4. The van der Waals surface area contributed by atoms with Crippen molar-refractivity contribution in [3.05, 3.63) is 58.3 Å². The van der Waals surface area contributed by atoms with Gasteiger partial charge in [0.1, 0.15) is 5.82 Å². The molecule has 2 aromatic carbocycles. The summed E-state index contributed by atoms with van der Waals surface area (Å²) < 4.78 is 13.7. The maximum absolute atomic E-state index is 13.4. The van der Waals surface area contributed by atoms with Crippen LogP contribution in [0.1, 0.15) is 10.4 Å². The minimum absolute atomic E-state index is 0.184. The zero-order valence-corrected chi connectivity index (χ0v) is 12.3. The monoisotopic (exact) mass is 351 g/mol. The van der Waals surface area contributed by atoms with E-state index in [1.54, 1.807) is 18.2 Å². The second-order valence-electron chi connectivity index (χ2n) is 4.15. The molecule has 108 valence electrons. The number of carbonyl (C=O) groups is 2. The molecule has 4 N–H and O–H groups in total. The number of urea groups is 1. The average Bonchev–Trinajstić information content (AvgIpc) is 2.41. The third-order valence-corrected chi connectivity index (χ3v) is 3.21. The van der Waals surface area contributed by atoms with E-state index in [4.69, 9.17) is 5.73 Å². The highest BCUT2D eigenvalue weighted by atomic mass is 79.9. The molecule has 0 unspecified atom stereocenters. The molecule has 7 heteroatoms. The Morgan fingerprint density at radius 3 is 2.33 bits per heavy atom. The molecule has 2 aromatic rings. The van der Waals surface area contributed by atoms with Gasteiger partial charge in [0, 0.05) is 16.9 Å². The fraction of sp³-hybridized carbons (Fsp3) is 0. The number of benzene rings is 2. The van der Waals surface area contributed by atoms with Crippen LogP contribution < -0.4 is 16.4 Å². The van der Waals surface area contributed by atoms with Crippen LogP contribution in [0.15, 0.2) is 46.9 Å². The Kier molecular flexibility index (Phi) is 4.54. The summed E-state index contributed by atoms with van der Waals surface area (Å²) in [7, 11) is 0. The predicted molar refractivity (Wildman–Crippen MR) is 81.7 cm³/mol. The normalized spacial score (nSPS) is 10.0. The van der Waals surface area contributed by atoms with E-state index in [0.717, 1.165) is 6.07 Å². The maximum Gasteiger partial charge on any atom is 0.316 e. The molecular formula is C14H11BrFN3O2. The van der Waals surface area contributed by atoms with Gasteiger partial charge in [0.05, 0.1) is 4.47 Å². The number of anilines is 2. The third-order valence-electron chi connectivity index (χ3n) is 2.57. The first-order valence-electron chi connectivity index (χ1n) is 5.88. The highest BCUT2D eigenvalue weighted by Crippen LogP contribution is 2.19. The van der Waals surface area contributed by atoms with Gasteiger partial charge in [-0.3, -0.25) is 4.79 Å². The standard InChI is InChI=1S/C14H11BrFN3O2/c15-11-5-4-8(6-12(11)16)13(20)18-9-2-1-3-10(7-9)19-14(17)21/h1-7H,(H,18,20)(H3,17,19,21). The molecule has 0 aliphatic carbocycles. The van der Waals surface area contributed by atoms with Crippen LogP contribution in [-0.2, 0) is 0 Å². The number of primary amides is 1. The molecule has 0 aliphatic heterocycles. The first kappa shape index (κ1) is 15.0. The topological polar surface area (TPSA) is 84.2 Å². The smallest absolute Gasteiger partial charge is 0.316 e. The van der Waals surface area contributed by atoms with E-state index in [2.05, 4.69) is 26.6 Å². The van der Waals surface area contributed by atoms with Gasteiger partial charge in [-0.1, -0.05) is 6.07 Å². The first-order chi connectivity index (χ1) is 9.95. The van der Waals surface area contributed by atoms with E-state index in [1.165, 1.54) is 18.2 Å². The first-order valence-corrected chi connectivity index (χ1v) is 6.68. The minimum Gasteiger partial charge on any atom is -0.351 e. The fourth-order valence-corrected chi connectivity index (χ4v) is 1.90. The minimum atomic E-state index is -0.701. The van der Waals surface area contributed by atoms with Crippen molar-refractivity contribution in [2.45, 2.75) is 0 Å². The lowest BCUT2D eigenvalue weighted by Crippen LogP contribution is -2.19. The number of halogens is 2. The molecule has 0 bridgehead atoms. The van der Waals surface area contributed by atoms with Crippen molar-refractivity contribution < 1.29 is 14.0 Å². The van der Waals surface area contributed by atoms with E-state index in [0.29, 0.717) is 11.4 Å². The van der Waals surface area contributed by atoms with Gasteiger partial charge in [-0.25, -0.2) is 9.18 Å². The molecule has 21 heavy (non-hydrogen) atoms. The molecule has 0 saturated carbocycles. The quantitative estimate of drug-likeness (QED) is 0.792. The number of nitrogens with two attached hydrogens (primary N) is 1. The Morgan fingerprint density at radius 1 is 1.05 bits per heavy atom. The molecule has 0 radical (unpaired) electrons. The molecular weight excluding hydrogens is 341 g/mol. The van der Waals surface area contributed by atoms with Crippen LogP contribution in [0.5, 0.6) is 0 Å². The van der Waals surface area contributed by atoms with Crippen LogP contribution in [0.3, 0.4) is 0 Å². The van der Waals surface area contributed by atoms with Gasteiger partial charge in [-0.05, 0) is 52.3 Å². The molecule has 0 atom stereocenters. The van der Waals surface area contributed by atoms with E-state index in [-0.39, 0.29) is 10.0 Å². The molecule has 0 aromatic heterocycles.